The summed E-state index contributed by atoms with van der Waals surface area (Å²) < 4.78 is 0. The molecule has 0 N–H and O–H groups in total. The number of likely N-dealkylation sites (tertiary alicyclic amines) is 1. The quantitative estimate of drug-likeness (QED) is 0.798. The second kappa shape index (κ2) is 4.69. The third-order valence-corrected chi connectivity index (χ3v) is 3.97. The van der Waals surface area contributed by atoms with Gasteiger partial charge in [0.05, 0.1) is 5.52 Å². The Morgan fingerprint density at radius 1 is 1.28 bits per heavy atom. The normalized spacial score (nSPS) is 20.7. The second-order valence-corrected chi connectivity index (χ2v) is 5.44. The van der Waals surface area contributed by atoms with Gasteiger partial charge in [-0.3, -0.25) is 9.88 Å². The fourth-order valence-corrected chi connectivity index (χ4v) is 2.84. The number of hydrogen-bond acceptors (Lipinski definition) is 2. The first-order chi connectivity index (χ1) is 8.72. The maximum absolute atomic E-state index is 4.55. The molecule has 3 rings (SSSR count). The number of pyridine rings is 1. The van der Waals surface area contributed by atoms with E-state index in [1.54, 1.807) is 0 Å². The smallest absolute Gasteiger partial charge is 0.0705 e. The minimum atomic E-state index is 0.733. The van der Waals surface area contributed by atoms with Crippen molar-refractivity contribution < 1.29 is 0 Å². The van der Waals surface area contributed by atoms with E-state index in [9.17, 15) is 0 Å². The molecule has 1 atom stereocenters. The first kappa shape index (κ1) is 11.7. The standard InChI is InChI=1S/C16H20N2/c1-12-5-7-15-10-14(6-8-16(15)17-12)11-18-9-3-4-13(18)2/h5-8,10,13H,3-4,9,11H2,1-2H3. The van der Waals surface area contributed by atoms with E-state index in [1.807, 2.05) is 6.92 Å². The number of benzene rings is 1. The average molecular weight is 240 g/mol. The summed E-state index contributed by atoms with van der Waals surface area (Å²) in [4.78, 5) is 7.12. The Morgan fingerprint density at radius 3 is 2.94 bits per heavy atom. The molecule has 1 aliphatic rings. The molecular formula is C16H20N2. The molecule has 1 fully saturated rings. The van der Waals surface area contributed by atoms with Gasteiger partial charge in [-0.15, -0.1) is 0 Å². The van der Waals surface area contributed by atoms with Gasteiger partial charge in [0.2, 0.25) is 0 Å². The number of aryl methyl sites for hydroxylation is 1. The van der Waals surface area contributed by atoms with Gasteiger partial charge in [-0.25, -0.2) is 0 Å². The van der Waals surface area contributed by atoms with Gasteiger partial charge in [0, 0.05) is 23.7 Å². The highest BCUT2D eigenvalue weighted by atomic mass is 15.2. The zero-order valence-corrected chi connectivity index (χ0v) is 11.2. The largest absolute Gasteiger partial charge is 0.296 e. The van der Waals surface area contributed by atoms with Crippen LogP contribution in [0.3, 0.4) is 0 Å². The van der Waals surface area contributed by atoms with Gasteiger partial charge in [0.1, 0.15) is 0 Å². The molecule has 0 radical (unpaired) electrons. The zero-order valence-electron chi connectivity index (χ0n) is 11.2. The van der Waals surface area contributed by atoms with Crippen molar-refractivity contribution in [3.63, 3.8) is 0 Å². The predicted molar refractivity (Wildman–Crippen MR) is 75.6 cm³/mol. The van der Waals surface area contributed by atoms with E-state index in [1.165, 1.54) is 30.3 Å². The summed E-state index contributed by atoms with van der Waals surface area (Å²) >= 11 is 0. The SMILES string of the molecule is Cc1ccc2cc(CN3CCCC3C)ccc2n1. The average Bonchev–Trinajstić information content (AvgIpc) is 2.75. The summed E-state index contributed by atoms with van der Waals surface area (Å²) in [6.07, 6.45) is 2.68. The number of nitrogens with zero attached hydrogens (tertiary/aromatic N) is 2. The molecule has 0 bridgehead atoms. The van der Waals surface area contributed by atoms with Gasteiger partial charge in [0.25, 0.3) is 0 Å². The lowest BCUT2D eigenvalue weighted by Crippen LogP contribution is -2.26. The van der Waals surface area contributed by atoms with Crippen LogP contribution >= 0.6 is 0 Å². The Labute approximate surface area is 109 Å². The molecule has 1 unspecified atom stereocenters. The first-order valence-corrected chi connectivity index (χ1v) is 6.83. The molecule has 1 aromatic carbocycles. The second-order valence-electron chi connectivity index (χ2n) is 5.44. The van der Waals surface area contributed by atoms with Gasteiger partial charge in [-0.1, -0.05) is 12.1 Å². The number of fused-ring (bicyclic) bond motifs is 1. The lowest BCUT2D eigenvalue weighted by Gasteiger charge is -2.21. The fraction of sp³-hybridized carbons (Fsp3) is 0.438. The Balaban J connectivity index is 1.86. The van der Waals surface area contributed by atoms with Crippen molar-refractivity contribution in [3.05, 3.63) is 41.6 Å². The van der Waals surface area contributed by atoms with Gasteiger partial charge in [-0.05, 0) is 57.0 Å². The molecule has 0 aliphatic carbocycles. The maximum atomic E-state index is 4.55. The van der Waals surface area contributed by atoms with Crippen LogP contribution in [0.1, 0.15) is 31.0 Å². The van der Waals surface area contributed by atoms with Crippen molar-refractivity contribution in [2.24, 2.45) is 0 Å². The summed E-state index contributed by atoms with van der Waals surface area (Å²) in [5.41, 5.74) is 3.60. The summed E-state index contributed by atoms with van der Waals surface area (Å²) in [5, 5.41) is 1.25. The maximum Gasteiger partial charge on any atom is 0.0705 e. The first-order valence-electron chi connectivity index (χ1n) is 6.83. The van der Waals surface area contributed by atoms with Crippen LogP contribution in [0.4, 0.5) is 0 Å². The van der Waals surface area contributed by atoms with E-state index in [0.29, 0.717) is 0 Å². The van der Waals surface area contributed by atoms with Gasteiger partial charge in [-0.2, -0.15) is 0 Å². The highest BCUT2D eigenvalue weighted by Crippen LogP contribution is 2.21. The Morgan fingerprint density at radius 2 is 2.17 bits per heavy atom. The Hall–Kier alpha value is -1.41. The van der Waals surface area contributed by atoms with Crippen LogP contribution in [0.2, 0.25) is 0 Å². The lowest BCUT2D eigenvalue weighted by molar-refractivity contribution is 0.260. The number of rotatable bonds is 2. The van der Waals surface area contributed by atoms with Gasteiger partial charge >= 0.3 is 0 Å². The van der Waals surface area contributed by atoms with Crippen LogP contribution in [-0.4, -0.2) is 22.5 Å². The third-order valence-electron chi connectivity index (χ3n) is 3.97. The molecule has 0 saturated carbocycles. The van der Waals surface area contributed by atoms with Crippen molar-refractivity contribution in [1.29, 1.82) is 0 Å². The third kappa shape index (κ3) is 2.25. The lowest BCUT2D eigenvalue weighted by atomic mass is 10.1. The molecule has 2 heterocycles. The number of hydrogen-bond donors (Lipinski definition) is 0. The molecular weight excluding hydrogens is 220 g/mol. The monoisotopic (exact) mass is 240 g/mol. The molecule has 1 aliphatic heterocycles. The molecule has 0 amide bonds. The molecule has 2 heteroatoms. The van der Waals surface area contributed by atoms with E-state index in [-0.39, 0.29) is 0 Å². The summed E-state index contributed by atoms with van der Waals surface area (Å²) in [7, 11) is 0. The van der Waals surface area contributed by atoms with E-state index >= 15 is 0 Å². The van der Waals surface area contributed by atoms with Gasteiger partial charge in [0.15, 0.2) is 0 Å². The molecule has 0 spiro atoms. The van der Waals surface area contributed by atoms with Crippen molar-refractivity contribution in [2.75, 3.05) is 6.54 Å². The molecule has 1 saturated heterocycles. The molecule has 18 heavy (non-hydrogen) atoms. The predicted octanol–water partition coefficient (Wildman–Crippen LogP) is 3.53. The van der Waals surface area contributed by atoms with Crippen molar-refractivity contribution in [2.45, 2.75) is 39.3 Å². The van der Waals surface area contributed by atoms with Crippen molar-refractivity contribution in [3.8, 4) is 0 Å². The minimum Gasteiger partial charge on any atom is -0.296 e. The van der Waals surface area contributed by atoms with Gasteiger partial charge < -0.3 is 0 Å². The fourth-order valence-electron chi connectivity index (χ4n) is 2.84. The highest BCUT2D eigenvalue weighted by Gasteiger charge is 2.19. The van der Waals surface area contributed by atoms with Crippen molar-refractivity contribution in [1.82, 2.24) is 9.88 Å². The van der Waals surface area contributed by atoms with E-state index in [2.05, 4.69) is 47.1 Å². The Kier molecular flexibility index (Phi) is 3.04. The molecule has 1 aromatic heterocycles. The van der Waals surface area contributed by atoms with Crippen LogP contribution in [0.5, 0.6) is 0 Å². The number of aromatic nitrogens is 1. The zero-order chi connectivity index (χ0) is 12.5. The van der Waals surface area contributed by atoms with Crippen molar-refractivity contribution >= 4 is 10.9 Å². The van der Waals surface area contributed by atoms with E-state index in [4.69, 9.17) is 0 Å². The summed E-state index contributed by atoms with van der Waals surface area (Å²) in [5.74, 6) is 0. The van der Waals surface area contributed by atoms with Crippen LogP contribution < -0.4 is 0 Å². The summed E-state index contributed by atoms with van der Waals surface area (Å²) in [6, 6.07) is 11.7. The van der Waals surface area contributed by atoms with E-state index < -0.39 is 0 Å². The molecule has 94 valence electrons. The highest BCUT2D eigenvalue weighted by molar-refractivity contribution is 5.79. The Bertz CT molecular complexity index is 562. The molecule has 2 aromatic rings. The van der Waals surface area contributed by atoms with Crippen LogP contribution in [-0.2, 0) is 6.54 Å². The van der Waals surface area contributed by atoms with Crippen LogP contribution in [0, 0.1) is 6.92 Å². The minimum absolute atomic E-state index is 0.733. The topological polar surface area (TPSA) is 16.1 Å². The van der Waals surface area contributed by atoms with Crippen LogP contribution in [0.25, 0.3) is 10.9 Å². The summed E-state index contributed by atoms with van der Waals surface area (Å²) in [6.45, 7) is 6.69. The van der Waals surface area contributed by atoms with Crippen LogP contribution in [0.15, 0.2) is 30.3 Å². The molecule has 2 nitrogen and oxygen atoms in total. The van der Waals surface area contributed by atoms with E-state index in [0.717, 1.165) is 23.8 Å².